The van der Waals surface area contributed by atoms with Crippen molar-refractivity contribution in [3.05, 3.63) is 41.6 Å². The molecule has 1 heterocycles. The Morgan fingerprint density at radius 3 is 2.59 bits per heavy atom. The summed E-state index contributed by atoms with van der Waals surface area (Å²) in [5.74, 6) is -1.81. The summed E-state index contributed by atoms with van der Waals surface area (Å²) in [6.07, 6.45) is -3.89. The van der Waals surface area contributed by atoms with E-state index in [0.717, 1.165) is 13.3 Å². The Hall–Kier alpha value is -2.64. The number of fused-ring (bicyclic) bond motifs is 1. The average molecular weight is 312 g/mol. The van der Waals surface area contributed by atoms with Gasteiger partial charge in [-0.05, 0) is 6.07 Å². The minimum absolute atomic E-state index is 0.124. The van der Waals surface area contributed by atoms with Crippen LogP contribution in [0.15, 0.2) is 30.5 Å². The van der Waals surface area contributed by atoms with Gasteiger partial charge in [0.15, 0.2) is 0 Å². The van der Waals surface area contributed by atoms with Gasteiger partial charge in [0.05, 0.1) is 23.8 Å². The van der Waals surface area contributed by atoms with Crippen LogP contribution in [-0.2, 0) is 15.7 Å². The van der Waals surface area contributed by atoms with E-state index in [1.165, 1.54) is 18.2 Å². The molecule has 1 N–H and O–H groups in total. The fraction of sp³-hybridized carbons (Fsp3) is 0.214. The van der Waals surface area contributed by atoms with Gasteiger partial charge in [0.1, 0.15) is 6.54 Å². The van der Waals surface area contributed by atoms with E-state index in [2.05, 4.69) is 15.0 Å². The standard InChI is InChI=1S/C14H11F3N2O3/c1-22-11(20)7-19-13(21)9-6-18-10-5-3-2-4-8(10)12(9)14(15,16)17/h2-6H,7H2,1H3,(H,19,21). The van der Waals surface area contributed by atoms with Crippen LogP contribution in [-0.4, -0.2) is 30.5 Å². The van der Waals surface area contributed by atoms with Crippen molar-refractivity contribution in [2.24, 2.45) is 0 Å². The summed E-state index contributed by atoms with van der Waals surface area (Å²) in [6, 6.07) is 5.63. The molecular weight excluding hydrogens is 301 g/mol. The van der Waals surface area contributed by atoms with Crippen LogP contribution in [0.5, 0.6) is 0 Å². The van der Waals surface area contributed by atoms with E-state index in [-0.39, 0.29) is 10.9 Å². The number of methoxy groups -OCH3 is 1. The number of rotatable bonds is 3. The molecule has 22 heavy (non-hydrogen) atoms. The monoisotopic (exact) mass is 312 g/mol. The predicted molar refractivity (Wildman–Crippen MR) is 71.1 cm³/mol. The second-order valence-corrected chi connectivity index (χ2v) is 4.32. The second-order valence-electron chi connectivity index (χ2n) is 4.32. The first-order chi connectivity index (χ1) is 10.3. The Morgan fingerprint density at radius 1 is 1.27 bits per heavy atom. The van der Waals surface area contributed by atoms with Crippen molar-refractivity contribution in [1.82, 2.24) is 10.3 Å². The molecule has 0 atom stereocenters. The number of para-hydroxylation sites is 1. The van der Waals surface area contributed by atoms with E-state index in [1.807, 2.05) is 0 Å². The van der Waals surface area contributed by atoms with E-state index in [9.17, 15) is 22.8 Å². The van der Waals surface area contributed by atoms with Crippen molar-refractivity contribution in [3.63, 3.8) is 0 Å². The van der Waals surface area contributed by atoms with Crippen molar-refractivity contribution < 1.29 is 27.5 Å². The fourth-order valence-corrected chi connectivity index (χ4v) is 1.94. The molecule has 0 aliphatic carbocycles. The number of alkyl halides is 3. The maximum absolute atomic E-state index is 13.3. The van der Waals surface area contributed by atoms with Crippen LogP contribution in [0.1, 0.15) is 15.9 Å². The third kappa shape index (κ3) is 3.16. The van der Waals surface area contributed by atoms with Gasteiger partial charge in [-0.15, -0.1) is 0 Å². The Morgan fingerprint density at radius 2 is 1.95 bits per heavy atom. The maximum atomic E-state index is 13.3. The van der Waals surface area contributed by atoms with E-state index in [4.69, 9.17) is 0 Å². The SMILES string of the molecule is COC(=O)CNC(=O)c1cnc2ccccc2c1C(F)(F)F. The number of esters is 1. The largest absolute Gasteiger partial charge is 0.468 e. The number of halogens is 3. The first-order valence-electron chi connectivity index (χ1n) is 6.14. The molecule has 1 amide bonds. The molecule has 116 valence electrons. The lowest BCUT2D eigenvalue weighted by molar-refractivity contribution is -0.139. The molecule has 1 aromatic carbocycles. The lowest BCUT2D eigenvalue weighted by Gasteiger charge is -2.14. The number of pyridine rings is 1. The molecule has 8 heteroatoms. The second kappa shape index (κ2) is 6.00. The van der Waals surface area contributed by atoms with Gasteiger partial charge in [-0.1, -0.05) is 18.2 Å². The Balaban J connectivity index is 2.49. The number of nitrogens with one attached hydrogen (secondary N) is 1. The number of hydrogen-bond acceptors (Lipinski definition) is 4. The van der Waals surface area contributed by atoms with Crippen molar-refractivity contribution >= 4 is 22.8 Å². The van der Waals surface area contributed by atoms with Gasteiger partial charge in [0.25, 0.3) is 5.91 Å². The summed E-state index contributed by atoms with van der Waals surface area (Å²) >= 11 is 0. The number of carbonyl (C=O) groups is 2. The lowest BCUT2D eigenvalue weighted by atomic mass is 10.0. The predicted octanol–water partition coefficient (Wildman–Crippen LogP) is 2.16. The molecule has 0 saturated heterocycles. The smallest absolute Gasteiger partial charge is 0.417 e. The van der Waals surface area contributed by atoms with Crippen LogP contribution in [0, 0.1) is 0 Å². The first kappa shape index (κ1) is 15.7. The summed E-state index contributed by atoms with van der Waals surface area (Å²) < 4.78 is 44.2. The highest BCUT2D eigenvalue weighted by Gasteiger charge is 2.37. The molecule has 0 radical (unpaired) electrons. The molecule has 2 aromatic rings. The van der Waals surface area contributed by atoms with Crippen LogP contribution in [0.3, 0.4) is 0 Å². The third-order valence-electron chi connectivity index (χ3n) is 2.92. The van der Waals surface area contributed by atoms with Gasteiger partial charge in [-0.2, -0.15) is 13.2 Å². The van der Waals surface area contributed by atoms with E-state index < -0.39 is 35.7 Å². The first-order valence-corrected chi connectivity index (χ1v) is 6.14. The summed E-state index contributed by atoms with van der Waals surface area (Å²) in [7, 11) is 1.10. The number of aromatic nitrogens is 1. The average Bonchev–Trinajstić information content (AvgIpc) is 2.49. The van der Waals surface area contributed by atoms with Gasteiger partial charge >= 0.3 is 12.1 Å². The number of amides is 1. The van der Waals surface area contributed by atoms with Crippen LogP contribution in [0.2, 0.25) is 0 Å². The van der Waals surface area contributed by atoms with Gasteiger partial charge in [0.2, 0.25) is 0 Å². The van der Waals surface area contributed by atoms with E-state index in [1.54, 1.807) is 6.07 Å². The van der Waals surface area contributed by atoms with Crippen molar-refractivity contribution in [3.8, 4) is 0 Å². The number of ether oxygens (including phenoxy) is 1. The Kier molecular flexibility index (Phi) is 4.30. The molecule has 0 fully saturated rings. The van der Waals surface area contributed by atoms with Gasteiger partial charge in [-0.25, -0.2) is 0 Å². The minimum Gasteiger partial charge on any atom is -0.468 e. The minimum atomic E-state index is -4.74. The zero-order chi connectivity index (χ0) is 16.3. The normalized spacial score (nSPS) is 11.3. The molecular formula is C14H11F3N2O3. The number of benzene rings is 1. The summed E-state index contributed by atoms with van der Waals surface area (Å²) in [5.41, 5.74) is -1.60. The topological polar surface area (TPSA) is 68.3 Å². The van der Waals surface area contributed by atoms with Crippen LogP contribution in [0.4, 0.5) is 13.2 Å². The van der Waals surface area contributed by atoms with Crippen LogP contribution in [0.25, 0.3) is 10.9 Å². The molecule has 0 aliphatic rings. The quantitative estimate of drug-likeness (QED) is 0.882. The lowest BCUT2D eigenvalue weighted by Crippen LogP contribution is -2.31. The van der Waals surface area contributed by atoms with Crippen molar-refractivity contribution in [2.45, 2.75) is 6.18 Å². The highest BCUT2D eigenvalue weighted by molar-refractivity contribution is 6.01. The van der Waals surface area contributed by atoms with Crippen molar-refractivity contribution in [1.29, 1.82) is 0 Å². The molecule has 0 spiro atoms. The molecule has 5 nitrogen and oxygen atoms in total. The number of hydrogen-bond donors (Lipinski definition) is 1. The number of carbonyl (C=O) groups excluding carboxylic acids is 2. The van der Waals surface area contributed by atoms with E-state index >= 15 is 0 Å². The van der Waals surface area contributed by atoms with Gasteiger partial charge < -0.3 is 10.1 Å². The highest BCUT2D eigenvalue weighted by atomic mass is 19.4. The van der Waals surface area contributed by atoms with Gasteiger partial charge in [0, 0.05) is 11.6 Å². The fourth-order valence-electron chi connectivity index (χ4n) is 1.94. The zero-order valence-electron chi connectivity index (χ0n) is 11.4. The molecule has 0 unspecified atom stereocenters. The Labute approximate surface area is 123 Å². The summed E-state index contributed by atoms with van der Waals surface area (Å²) in [4.78, 5) is 26.7. The highest BCUT2D eigenvalue weighted by Crippen LogP contribution is 2.36. The summed E-state index contributed by atoms with van der Waals surface area (Å²) in [6.45, 7) is -0.528. The van der Waals surface area contributed by atoms with Crippen LogP contribution < -0.4 is 5.32 Å². The zero-order valence-corrected chi connectivity index (χ0v) is 11.4. The molecule has 1 aromatic heterocycles. The Bertz CT molecular complexity index is 729. The van der Waals surface area contributed by atoms with Crippen LogP contribution >= 0.6 is 0 Å². The molecule has 0 aliphatic heterocycles. The third-order valence-corrected chi connectivity index (χ3v) is 2.92. The maximum Gasteiger partial charge on any atom is 0.417 e. The summed E-state index contributed by atoms with van der Waals surface area (Å²) in [5, 5.41) is 1.89. The molecule has 2 rings (SSSR count). The number of nitrogens with zero attached hydrogens (tertiary/aromatic N) is 1. The molecule has 0 saturated carbocycles. The van der Waals surface area contributed by atoms with Gasteiger partial charge in [-0.3, -0.25) is 14.6 Å². The molecule has 0 bridgehead atoms. The van der Waals surface area contributed by atoms with E-state index in [0.29, 0.717) is 0 Å². The van der Waals surface area contributed by atoms with Crippen molar-refractivity contribution in [2.75, 3.05) is 13.7 Å².